The molecule has 2 atom stereocenters. The second-order valence-corrected chi connectivity index (χ2v) is 10.7. The van der Waals surface area contributed by atoms with Crippen LogP contribution in [-0.4, -0.2) is 93.2 Å². The van der Waals surface area contributed by atoms with Gasteiger partial charge < -0.3 is 24.6 Å². The van der Waals surface area contributed by atoms with Gasteiger partial charge in [0.15, 0.2) is 6.10 Å². The van der Waals surface area contributed by atoms with Crippen LogP contribution in [0.15, 0.2) is 55.1 Å². The Bertz CT molecular complexity index is 1530. The van der Waals surface area contributed by atoms with Crippen molar-refractivity contribution in [3.05, 3.63) is 77.3 Å². The van der Waals surface area contributed by atoms with E-state index >= 15 is 0 Å². The van der Waals surface area contributed by atoms with Crippen LogP contribution in [0.3, 0.4) is 0 Å². The Morgan fingerprint density at radius 3 is 2.48 bits per heavy atom. The predicted octanol–water partition coefficient (Wildman–Crippen LogP) is 2.79. The Morgan fingerprint density at radius 2 is 1.83 bits per heavy atom. The van der Waals surface area contributed by atoms with Crippen molar-refractivity contribution in [2.24, 2.45) is 5.92 Å². The number of methoxy groups -OCH3 is 1. The van der Waals surface area contributed by atoms with Crippen molar-refractivity contribution >= 4 is 35.4 Å². The number of nitrogens with one attached hydrogen (secondary N) is 1. The van der Waals surface area contributed by atoms with E-state index in [0.29, 0.717) is 21.7 Å². The van der Waals surface area contributed by atoms with E-state index in [1.54, 1.807) is 38.1 Å². The molecular weight excluding hydrogens is 627 g/mol. The number of hydrogen-bond donors (Lipinski definition) is 2. The summed E-state index contributed by atoms with van der Waals surface area (Å²) in [6.45, 7) is 5.66. The van der Waals surface area contributed by atoms with Crippen LogP contribution in [0, 0.1) is 11.7 Å². The van der Waals surface area contributed by atoms with Gasteiger partial charge in [0.05, 0.1) is 20.2 Å². The van der Waals surface area contributed by atoms with Crippen molar-refractivity contribution in [2.45, 2.75) is 39.1 Å². The van der Waals surface area contributed by atoms with Crippen LogP contribution in [0.5, 0.6) is 0 Å². The van der Waals surface area contributed by atoms with E-state index in [-0.39, 0.29) is 37.9 Å². The van der Waals surface area contributed by atoms with E-state index in [2.05, 4.69) is 32.2 Å². The number of Topliss-reactive ketones (excluding diaryl/α,β-unsaturated/α-hetero) is 1. The third-order valence-electron chi connectivity index (χ3n) is 6.54. The number of benzene rings is 2. The molecule has 0 bridgehead atoms. The van der Waals surface area contributed by atoms with Crippen molar-refractivity contribution in [1.29, 1.82) is 0 Å². The monoisotopic (exact) mass is 660 g/mol. The molecule has 3 rings (SSSR count). The van der Waals surface area contributed by atoms with Gasteiger partial charge in [0.1, 0.15) is 11.9 Å². The zero-order valence-electron chi connectivity index (χ0n) is 25.4. The predicted molar refractivity (Wildman–Crippen MR) is 162 cm³/mol. The number of rotatable bonds is 16. The number of amides is 1. The number of ketones is 1. The largest absolute Gasteiger partial charge is 0.453 e. The number of alkyl carbamates (subject to hydrolysis) is 1. The number of carbonyl (C=O) groups is 4. The minimum Gasteiger partial charge on any atom is -0.453 e. The van der Waals surface area contributed by atoms with Gasteiger partial charge in [0.2, 0.25) is 18.4 Å². The van der Waals surface area contributed by atoms with Crippen LogP contribution in [0.2, 0.25) is 5.02 Å². The van der Waals surface area contributed by atoms with E-state index in [1.807, 2.05) is 0 Å². The first kappa shape index (κ1) is 35.7. The minimum absolute atomic E-state index is 0.0547. The molecule has 0 aliphatic heterocycles. The number of hydrogen-bond acceptors (Lipinski definition) is 12. The molecule has 2 aromatic carbocycles. The van der Waals surface area contributed by atoms with Gasteiger partial charge in [-0.3, -0.25) is 9.69 Å². The van der Waals surface area contributed by atoms with Gasteiger partial charge in [-0.1, -0.05) is 55.8 Å². The number of allylic oxidation sites excluding steroid dienone is 1. The second-order valence-electron chi connectivity index (χ2n) is 10.3. The van der Waals surface area contributed by atoms with Crippen LogP contribution in [0.4, 0.5) is 9.18 Å². The summed E-state index contributed by atoms with van der Waals surface area (Å²) >= 11 is 6.03. The fourth-order valence-electron chi connectivity index (χ4n) is 4.21. The van der Waals surface area contributed by atoms with Gasteiger partial charge in [0, 0.05) is 23.7 Å². The Morgan fingerprint density at radius 1 is 1.13 bits per heavy atom. The summed E-state index contributed by atoms with van der Waals surface area (Å²) < 4.78 is 30.0. The van der Waals surface area contributed by atoms with Crippen LogP contribution < -0.4 is 5.32 Å². The summed E-state index contributed by atoms with van der Waals surface area (Å²) in [5, 5.41) is 24.4. The molecule has 0 spiro atoms. The topological polar surface area (TPSA) is 175 Å². The van der Waals surface area contributed by atoms with Crippen LogP contribution in [-0.2, 0) is 36.9 Å². The average molecular weight is 661 g/mol. The lowest BCUT2D eigenvalue weighted by molar-refractivity contribution is -0.175. The number of carbonyl (C=O) groups excluding carboxylic acids is 4. The van der Waals surface area contributed by atoms with Crippen LogP contribution in [0.25, 0.3) is 11.1 Å². The molecule has 0 aliphatic carbocycles. The molecule has 3 aromatic rings. The molecule has 0 fully saturated rings. The third-order valence-corrected chi connectivity index (χ3v) is 6.77. The SMILES string of the molecule is C=CCn1nnnc1C(=O)CN(Cc1ccc(-c2cc(Cl)ccc2F)cc1)C[C@@H](O)C(=O)OCOC(=O)[C@@H](NC(=O)OC)C(C)C. The Balaban J connectivity index is 1.70. The highest BCUT2D eigenvalue weighted by Gasteiger charge is 2.28. The van der Waals surface area contributed by atoms with Gasteiger partial charge in [-0.2, -0.15) is 0 Å². The number of aliphatic hydroxyl groups excluding tert-OH is 1. The molecule has 246 valence electrons. The molecule has 14 nitrogen and oxygen atoms in total. The first-order valence-corrected chi connectivity index (χ1v) is 14.3. The van der Waals surface area contributed by atoms with E-state index < -0.39 is 48.6 Å². The molecule has 1 amide bonds. The summed E-state index contributed by atoms with van der Waals surface area (Å²) in [6.07, 6.45) is -1.09. The zero-order chi connectivity index (χ0) is 33.8. The number of tetrazole rings is 1. The molecule has 2 N–H and O–H groups in total. The number of ether oxygens (including phenoxy) is 3. The molecule has 1 heterocycles. The molecule has 46 heavy (non-hydrogen) atoms. The number of aromatic nitrogens is 4. The highest BCUT2D eigenvalue weighted by Crippen LogP contribution is 2.26. The summed E-state index contributed by atoms with van der Waals surface area (Å²) in [7, 11) is 1.14. The molecular formula is C30H34ClFN6O8. The molecule has 16 heteroatoms. The minimum atomic E-state index is -1.76. The molecule has 0 saturated heterocycles. The first-order chi connectivity index (χ1) is 21.9. The quantitative estimate of drug-likeness (QED) is 0.0996. The Labute approximate surface area is 269 Å². The van der Waals surface area contributed by atoms with Gasteiger partial charge in [-0.15, -0.1) is 11.7 Å². The maximum Gasteiger partial charge on any atom is 0.407 e. The standard InChI is InChI=1S/C30H34ClFN6O8/c1-5-12-38-27(34-35-36-38)24(39)15-37(14-19-6-8-20(9-7-19)22-13-21(31)10-11-23(22)32)16-25(40)28(41)45-17-46-29(42)26(18(2)3)33-30(43)44-4/h5-11,13,18,25-26,40H,1,12,14-17H2,2-4H3,(H,33,43)/t25-,26+/m1/s1. The van der Waals surface area contributed by atoms with Gasteiger partial charge in [-0.05, 0) is 45.7 Å². The highest BCUT2D eigenvalue weighted by molar-refractivity contribution is 6.30. The first-order valence-electron chi connectivity index (χ1n) is 14.0. The van der Waals surface area contributed by atoms with Crippen molar-refractivity contribution in [1.82, 2.24) is 30.4 Å². The second kappa shape index (κ2) is 17.1. The van der Waals surface area contributed by atoms with Crippen molar-refractivity contribution < 1.29 is 42.9 Å². The molecule has 0 radical (unpaired) electrons. The van der Waals surface area contributed by atoms with Crippen LogP contribution >= 0.6 is 11.6 Å². The van der Waals surface area contributed by atoms with E-state index in [1.165, 1.54) is 33.9 Å². The molecule has 0 saturated carbocycles. The maximum atomic E-state index is 14.4. The fourth-order valence-corrected chi connectivity index (χ4v) is 4.38. The Kier molecular flexibility index (Phi) is 13.3. The van der Waals surface area contributed by atoms with E-state index in [9.17, 15) is 28.7 Å². The number of halogens is 2. The van der Waals surface area contributed by atoms with Crippen molar-refractivity contribution in [3.8, 4) is 11.1 Å². The van der Waals surface area contributed by atoms with E-state index in [0.717, 1.165) is 7.11 Å². The lowest BCUT2D eigenvalue weighted by Crippen LogP contribution is -2.45. The van der Waals surface area contributed by atoms with Gasteiger partial charge in [0.25, 0.3) is 0 Å². The van der Waals surface area contributed by atoms with Gasteiger partial charge >= 0.3 is 18.0 Å². The lowest BCUT2D eigenvalue weighted by atomic mass is 10.0. The molecule has 1 aromatic heterocycles. The Hall–Kier alpha value is -4.73. The summed E-state index contributed by atoms with van der Waals surface area (Å²) in [4.78, 5) is 51.1. The van der Waals surface area contributed by atoms with Crippen molar-refractivity contribution in [2.75, 3.05) is 27.0 Å². The fraction of sp³-hybridized carbons (Fsp3) is 0.367. The van der Waals surface area contributed by atoms with Crippen LogP contribution in [0.1, 0.15) is 30.0 Å². The number of nitrogens with zero attached hydrogens (tertiary/aromatic N) is 5. The van der Waals surface area contributed by atoms with E-state index in [4.69, 9.17) is 21.1 Å². The normalized spacial score (nSPS) is 12.3. The third kappa shape index (κ3) is 10.2. The maximum absolute atomic E-state index is 14.4. The molecule has 0 aliphatic rings. The number of esters is 2. The molecule has 0 unspecified atom stereocenters. The smallest absolute Gasteiger partial charge is 0.407 e. The number of aliphatic hydroxyl groups is 1. The van der Waals surface area contributed by atoms with Crippen molar-refractivity contribution in [3.63, 3.8) is 0 Å². The zero-order valence-corrected chi connectivity index (χ0v) is 26.1. The van der Waals surface area contributed by atoms with Gasteiger partial charge in [-0.25, -0.2) is 23.5 Å². The summed E-state index contributed by atoms with van der Waals surface area (Å²) in [6, 6.07) is 9.89. The highest BCUT2D eigenvalue weighted by atomic mass is 35.5. The summed E-state index contributed by atoms with van der Waals surface area (Å²) in [5.41, 5.74) is 1.53. The average Bonchev–Trinajstić information content (AvgIpc) is 3.49. The lowest BCUT2D eigenvalue weighted by Gasteiger charge is -2.24. The summed E-state index contributed by atoms with van der Waals surface area (Å²) in [5.74, 6) is -3.39.